The van der Waals surface area contributed by atoms with Crippen molar-refractivity contribution in [1.82, 2.24) is 0 Å². The third kappa shape index (κ3) is 3.46. The highest BCUT2D eigenvalue weighted by Gasteiger charge is 2.18. The van der Waals surface area contributed by atoms with Gasteiger partial charge in [-0.2, -0.15) is 0 Å². The van der Waals surface area contributed by atoms with Gasteiger partial charge in [-0.3, -0.25) is 9.52 Å². The number of rotatable bonds is 5. The normalized spacial score (nSPS) is 11.4. The summed E-state index contributed by atoms with van der Waals surface area (Å²) >= 11 is 0. The molecule has 0 atom stereocenters. The first-order valence-electron chi connectivity index (χ1n) is 6.82. The van der Waals surface area contributed by atoms with Gasteiger partial charge in [0, 0.05) is 11.1 Å². The number of hydrogen-bond acceptors (Lipinski definition) is 4. The molecule has 0 aliphatic heterocycles. The molecule has 0 radical (unpaired) electrons. The zero-order valence-corrected chi connectivity index (χ0v) is 13.2. The smallest absolute Gasteiger partial charge is 0.235 e. The summed E-state index contributed by atoms with van der Waals surface area (Å²) < 4.78 is 26.3. The van der Waals surface area contributed by atoms with Crippen LogP contribution in [0.2, 0.25) is 0 Å². The molecule has 0 bridgehead atoms. The first-order valence-corrected chi connectivity index (χ1v) is 8.37. The van der Waals surface area contributed by atoms with Crippen LogP contribution in [0.5, 0.6) is 0 Å². The van der Waals surface area contributed by atoms with Crippen molar-refractivity contribution >= 4 is 27.2 Å². The second-order valence-corrected chi connectivity index (χ2v) is 7.43. The van der Waals surface area contributed by atoms with Crippen molar-refractivity contribution in [2.75, 3.05) is 10.5 Å². The second kappa shape index (κ2) is 6.19. The lowest BCUT2D eigenvalue weighted by molar-refractivity contribution is 0.103. The van der Waals surface area contributed by atoms with Crippen LogP contribution < -0.4 is 10.5 Å². The molecule has 0 amide bonds. The third-order valence-corrected chi connectivity index (χ3v) is 4.97. The lowest BCUT2D eigenvalue weighted by Crippen LogP contribution is -2.23. The molecule has 2 aromatic carbocycles. The number of nitrogens with two attached hydrogens (primary N) is 1. The van der Waals surface area contributed by atoms with Crippen molar-refractivity contribution in [2.24, 2.45) is 0 Å². The maximum Gasteiger partial charge on any atom is 0.235 e. The maximum atomic E-state index is 12.4. The third-order valence-electron chi connectivity index (χ3n) is 3.22. The van der Waals surface area contributed by atoms with Crippen LogP contribution in [0.15, 0.2) is 48.5 Å². The summed E-state index contributed by atoms with van der Waals surface area (Å²) in [6.45, 7) is 3.13. The van der Waals surface area contributed by atoms with Crippen LogP contribution >= 0.6 is 0 Å². The fraction of sp³-hybridized carbons (Fsp3) is 0.188. The first-order chi connectivity index (χ1) is 10.3. The summed E-state index contributed by atoms with van der Waals surface area (Å²) in [7, 11) is -3.52. The summed E-state index contributed by atoms with van der Waals surface area (Å²) in [5, 5.41) is -0.597. The first kappa shape index (κ1) is 16.0. The van der Waals surface area contributed by atoms with Crippen LogP contribution in [-0.4, -0.2) is 19.5 Å². The van der Waals surface area contributed by atoms with Gasteiger partial charge in [0.05, 0.1) is 16.6 Å². The number of sulfonamides is 1. The van der Waals surface area contributed by atoms with E-state index in [0.717, 1.165) is 0 Å². The number of ketones is 1. The predicted molar refractivity (Wildman–Crippen MR) is 88.4 cm³/mol. The molecule has 0 aliphatic rings. The van der Waals surface area contributed by atoms with Crippen molar-refractivity contribution in [1.29, 1.82) is 0 Å². The van der Waals surface area contributed by atoms with E-state index in [1.807, 2.05) is 6.07 Å². The Morgan fingerprint density at radius 1 is 1.05 bits per heavy atom. The number of benzene rings is 2. The number of nitrogens with one attached hydrogen (secondary N) is 1. The molecular formula is C16H18N2O3S. The maximum absolute atomic E-state index is 12.4. The van der Waals surface area contributed by atoms with E-state index in [1.165, 1.54) is 12.1 Å². The van der Waals surface area contributed by atoms with E-state index >= 15 is 0 Å². The van der Waals surface area contributed by atoms with E-state index in [4.69, 9.17) is 5.73 Å². The molecule has 0 unspecified atom stereocenters. The van der Waals surface area contributed by atoms with Gasteiger partial charge in [0.2, 0.25) is 10.0 Å². The Bertz CT molecular complexity index is 784. The van der Waals surface area contributed by atoms with Gasteiger partial charge in [0.1, 0.15) is 0 Å². The number of anilines is 2. The summed E-state index contributed by atoms with van der Waals surface area (Å²) in [5.74, 6) is -0.189. The van der Waals surface area contributed by atoms with Crippen LogP contribution in [0.4, 0.5) is 11.4 Å². The number of hydrogen-bond donors (Lipinski definition) is 2. The molecule has 2 rings (SSSR count). The van der Waals surface area contributed by atoms with Crippen LogP contribution in [0.1, 0.15) is 29.8 Å². The average molecular weight is 318 g/mol. The molecule has 2 aromatic rings. The molecule has 0 saturated carbocycles. The summed E-state index contributed by atoms with van der Waals surface area (Å²) in [4.78, 5) is 12.4. The van der Waals surface area contributed by atoms with Crippen molar-refractivity contribution in [3.63, 3.8) is 0 Å². The molecule has 22 heavy (non-hydrogen) atoms. The lowest BCUT2D eigenvalue weighted by Gasteiger charge is -2.13. The van der Waals surface area contributed by atoms with Crippen LogP contribution in [0, 0.1) is 0 Å². The molecule has 0 aliphatic carbocycles. The van der Waals surface area contributed by atoms with Crippen molar-refractivity contribution in [2.45, 2.75) is 19.1 Å². The van der Waals surface area contributed by atoms with Gasteiger partial charge in [-0.15, -0.1) is 0 Å². The van der Waals surface area contributed by atoms with Gasteiger partial charge in [0.25, 0.3) is 0 Å². The van der Waals surface area contributed by atoms with E-state index in [0.29, 0.717) is 11.1 Å². The van der Waals surface area contributed by atoms with Gasteiger partial charge < -0.3 is 5.73 Å². The second-order valence-electron chi connectivity index (χ2n) is 5.19. The van der Waals surface area contributed by atoms with Crippen LogP contribution in [-0.2, 0) is 10.0 Å². The van der Waals surface area contributed by atoms with Crippen LogP contribution in [0.25, 0.3) is 0 Å². The number of nitrogen functional groups attached to an aromatic ring is 1. The van der Waals surface area contributed by atoms with Gasteiger partial charge in [-0.05, 0) is 32.0 Å². The van der Waals surface area contributed by atoms with Gasteiger partial charge in [-0.25, -0.2) is 8.42 Å². The van der Waals surface area contributed by atoms with Crippen LogP contribution in [0.3, 0.4) is 0 Å². The van der Waals surface area contributed by atoms with Gasteiger partial charge in [0.15, 0.2) is 5.78 Å². The molecule has 0 saturated heterocycles. The van der Waals surface area contributed by atoms with Crippen molar-refractivity contribution < 1.29 is 13.2 Å². The van der Waals surface area contributed by atoms with Gasteiger partial charge >= 0.3 is 0 Å². The molecule has 0 aromatic heterocycles. The largest absolute Gasteiger partial charge is 0.397 e. The monoisotopic (exact) mass is 318 g/mol. The van der Waals surface area contributed by atoms with E-state index in [1.54, 1.807) is 44.2 Å². The Morgan fingerprint density at radius 3 is 2.27 bits per heavy atom. The van der Waals surface area contributed by atoms with Gasteiger partial charge in [-0.1, -0.05) is 30.3 Å². The summed E-state index contributed by atoms with van der Waals surface area (Å²) in [6, 6.07) is 13.3. The van der Waals surface area contributed by atoms with Crippen molar-refractivity contribution in [3.8, 4) is 0 Å². The Balaban J connectivity index is 2.37. The summed E-state index contributed by atoms with van der Waals surface area (Å²) in [5.41, 5.74) is 7.20. The quantitative estimate of drug-likeness (QED) is 0.655. The Labute approximate surface area is 130 Å². The molecule has 3 N–H and O–H groups in total. The average Bonchev–Trinajstić information content (AvgIpc) is 2.49. The Kier molecular flexibility index (Phi) is 4.51. The SMILES string of the molecule is CC(C)S(=O)(=O)Nc1cc(C(=O)c2ccccc2)ccc1N. The highest BCUT2D eigenvalue weighted by Crippen LogP contribution is 2.23. The fourth-order valence-electron chi connectivity index (χ4n) is 1.81. The zero-order chi connectivity index (χ0) is 16.3. The topological polar surface area (TPSA) is 89.3 Å². The molecule has 0 spiro atoms. The van der Waals surface area contributed by atoms with E-state index < -0.39 is 15.3 Å². The zero-order valence-electron chi connectivity index (χ0n) is 12.4. The number of carbonyl (C=O) groups excluding carboxylic acids is 1. The minimum absolute atomic E-state index is 0.189. The predicted octanol–water partition coefficient (Wildman–Crippen LogP) is 2.65. The minimum Gasteiger partial charge on any atom is -0.397 e. The van der Waals surface area contributed by atoms with E-state index in [-0.39, 0.29) is 17.2 Å². The van der Waals surface area contributed by atoms with E-state index in [2.05, 4.69) is 4.72 Å². The fourth-order valence-corrected chi connectivity index (χ4v) is 2.53. The molecular weight excluding hydrogens is 300 g/mol. The van der Waals surface area contributed by atoms with E-state index in [9.17, 15) is 13.2 Å². The molecule has 0 fully saturated rings. The Morgan fingerprint density at radius 2 is 1.68 bits per heavy atom. The Hall–Kier alpha value is -2.34. The minimum atomic E-state index is -3.52. The highest BCUT2D eigenvalue weighted by atomic mass is 32.2. The summed E-state index contributed by atoms with van der Waals surface area (Å²) in [6.07, 6.45) is 0. The molecule has 5 nitrogen and oxygen atoms in total. The number of carbonyl (C=O) groups is 1. The molecule has 116 valence electrons. The lowest BCUT2D eigenvalue weighted by atomic mass is 10.0. The molecule has 0 heterocycles. The standard InChI is InChI=1S/C16H18N2O3S/c1-11(2)22(20,21)18-15-10-13(8-9-14(15)17)16(19)12-6-4-3-5-7-12/h3-11,18H,17H2,1-2H3. The highest BCUT2D eigenvalue weighted by molar-refractivity contribution is 7.93. The van der Waals surface area contributed by atoms with Crippen molar-refractivity contribution in [3.05, 3.63) is 59.7 Å². The molecule has 6 heteroatoms.